The third kappa shape index (κ3) is 4.36. The van der Waals surface area contributed by atoms with Gasteiger partial charge in [0, 0.05) is 18.2 Å². The lowest BCUT2D eigenvalue weighted by Crippen LogP contribution is -2.05. The van der Waals surface area contributed by atoms with Crippen molar-refractivity contribution < 1.29 is 18.7 Å². The highest BCUT2D eigenvalue weighted by Gasteiger charge is 2.13. The van der Waals surface area contributed by atoms with Crippen molar-refractivity contribution in [3.05, 3.63) is 24.3 Å². The van der Waals surface area contributed by atoms with Crippen LogP contribution >= 0.6 is 11.8 Å². The molecule has 2 aromatic rings. The lowest BCUT2D eigenvalue weighted by molar-refractivity contribution is -0.143. The van der Waals surface area contributed by atoms with Gasteiger partial charge in [-0.25, -0.2) is 4.98 Å². The molecule has 0 saturated heterocycles. The lowest BCUT2D eigenvalue weighted by atomic mass is 10.3. The second-order valence-electron chi connectivity index (χ2n) is 3.73. The second kappa shape index (κ2) is 7.66. The first-order valence-corrected chi connectivity index (χ1v) is 6.72. The fourth-order valence-corrected chi connectivity index (χ4v) is 2.15. The molecule has 108 valence electrons. The van der Waals surface area contributed by atoms with Crippen LogP contribution in [0.25, 0.3) is 11.1 Å². The Morgan fingerprint density at radius 3 is 2.75 bits per heavy atom. The minimum Gasteiger partial charge on any atom is -0.466 e. The van der Waals surface area contributed by atoms with Crippen molar-refractivity contribution in [2.75, 3.05) is 6.61 Å². The summed E-state index contributed by atoms with van der Waals surface area (Å²) in [5, 5.41) is 0.134. The van der Waals surface area contributed by atoms with Crippen molar-refractivity contribution in [1.29, 1.82) is 0 Å². The Morgan fingerprint density at radius 1 is 1.30 bits per heavy atom. The summed E-state index contributed by atoms with van der Waals surface area (Å²) in [6.07, 6.45) is 0.197. The van der Waals surface area contributed by atoms with E-state index >= 15 is 0 Å². The van der Waals surface area contributed by atoms with E-state index in [1.54, 1.807) is 13.0 Å². The topological polar surface area (TPSA) is 104 Å². The zero-order valence-electron chi connectivity index (χ0n) is 11.1. The minimum atomic E-state index is -0.367. The molecule has 6 nitrogen and oxygen atoms in total. The average molecular weight is 296 g/mol. The molecule has 0 amide bonds. The summed E-state index contributed by atoms with van der Waals surface area (Å²) in [6.45, 7) is 2.05. The highest BCUT2D eigenvalue weighted by molar-refractivity contribution is 8.13. The molecule has 0 aliphatic carbocycles. The molecule has 0 atom stereocenters. The number of benzene rings is 1. The molecule has 0 fully saturated rings. The highest BCUT2D eigenvalue weighted by atomic mass is 32.2. The summed E-state index contributed by atoms with van der Waals surface area (Å²) in [6, 6.07) is 7.29. The van der Waals surface area contributed by atoms with Crippen LogP contribution in [-0.2, 0) is 14.3 Å². The van der Waals surface area contributed by atoms with E-state index in [1.165, 1.54) is 0 Å². The van der Waals surface area contributed by atoms with Gasteiger partial charge in [-0.3, -0.25) is 9.59 Å². The number of rotatable bonds is 5. The Bertz CT molecular complexity index is 564. The maximum absolute atomic E-state index is 11.7. The molecule has 20 heavy (non-hydrogen) atoms. The highest BCUT2D eigenvalue weighted by Crippen LogP contribution is 2.24. The molecule has 0 aliphatic heterocycles. The predicted molar refractivity (Wildman–Crippen MR) is 75.8 cm³/mol. The van der Waals surface area contributed by atoms with Crippen molar-refractivity contribution in [2.45, 2.75) is 25.0 Å². The predicted octanol–water partition coefficient (Wildman–Crippen LogP) is 2.95. The van der Waals surface area contributed by atoms with Crippen LogP contribution in [0.4, 0.5) is 0 Å². The first kappa shape index (κ1) is 16.2. The van der Waals surface area contributed by atoms with Crippen LogP contribution in [0.15, 0.2) is 33.9 Å². The van der Waals surface area contributed by atoms with E-state index in [2.05, 4.69) is 4.98 Å². The first-order chi connectivity index (χ1) is 9.19. The molecule has 2 rings (SSSR count). The summed E-state index contributed by atoms with van der Waals surface area (Å²) in [7, 11) is 0. The van der Waals surface area contributed by atoms with Crippen LogP contribution in [0.3, 0.4) is 0 Å². The molecule has 0 unspecified atom stereocenters. The number of carbonyl (C=O) groups excluding carboxylic acids is 2. The number of thioether (sulfide) groups is 1. The molecule has 0 aliphatic rings. The zero-order valence-corrected chi connectivity index (χ0v) is 11.9. The van der Waals surface area contributed by atoms with Gasteiger partial charge in [0.2, 0.25) is 0 Å². The van der Waals surface area contributed by atoms with Crippen LogP contribution in [0.5, 0.6) is 0 Å². The zero-order chi connectivity index (χ0) is 13.7. The van der Waals surface area contributed by atoms with Crippen LogP contribution < -0.4 is 6.15 Å². The molecular weight excluding hydrogens is 280 g/mol. The Kier molecular flexibility index (Phi) is 6.20. The monoisotopic (exact) mass is 296 g/mol. The van der Waals surface area contributed by atoms with Gasteiger partial charge in [0.15, 0.2) is 10.7 Å². The number of para-hydroxylation sites is 2. The lowest BCUT2D eigenvalue weighted by Gasteiger charge is -1.99. The van der Waals surface area contributed by atoms with Crippen molar-refractivity contribution >= 4 is 33.9 Å². The number of nitrogens with zero attached hydrogens (tertiary/aromatic N) is 1. The number of hydrogen-bond acceptors (Lipinski definition) is 7. The van der Waals surface area contributed by atoms with Crippen LogP contribution in [-0.4, -0.2) is 22.7 Å². The number of hydrogen-bond donors (Lipinski definition) is 1. The third-order valence-corrected chi connectivity index (χ3v) is 3.10. The van der Waals surface area contributed by atoms with Gasteiger partial charge in [-0.15, -0.1) is 0 Å². The van der Waals surface area contributed by atoms with Gasteiger partial charge in [0.25, 0.3) is 5.22 Å². The SMILES string of the molecule is CCOC(=O)CCC(=O)Sc1nc2ccccc2o1.N. The van der Waals surface area contributed by atoms with Crippen LogP contribution in [0, 0.1) is 0 Å². The fraction of sp³-hybridized carbons (Fsp3) is 0.308. The standard InChI is InChI=1S/C13H13NO4S.H3N/c1-2-17-11(15)7-8-12(16)19-13-14-9-5-3-4-6-10(9)18-13;/h3-6H,2,7-8H2,1H3;1H3. The summed E-state index contributed by atoms with van der Waals surface area (Å²) in [5.41, 5.74) is 1.35. The molecule has 0 radical (unpaired) electrons. The molecule has 7 heteroatoms. The Morgan fingerprint density at radius 2 is 2.05 bits per heavy atom. The first-order valence-electron chi connectivity index (χ1n) is 5.91. The van der Waals surface area contributed by atoms with E-state index in [1.807, 2.05) is 18.2 Å². The van der Waals surface area contributed by atoms with Crippen molar-refractivity contribution in [3.63, 3.8) is 0 Å². The van der Waals surface area contributed by atoms with Gasteiger partial charge in [-0.2, -0.15) is 0 Å². The van der Waals surface area contributed by atoms with Gasteiger partial charge < -0.3 is 15.3 Å². The van der Waals surface area contributed by atoms with Gasteiger partial charge >= 0.3 is 5.97 Å². The van der Waals surface area contributed by atoms with E-state index in [-0.39, 0.29) is 30.1 Å². The fourth-order valence-electron chi connectivity index (χ4n) is 1.48. The molecule has 0 bridgehead atoms. The Balaban J connectivity index is 0.00000200. The number of esters is 1. The average Bonchev–Trinajstić information content (AvgIpc) is 2.78. The quantitative estimate of drug-likeness (QED) is 0.668. The summed E-state index contributed by atoms with van der Waals surface area (Å²) in [5.74, 6) is -0.367. The number of fused-ring (bicyclic) bond motifs is 1. The van der Waals surface area contributed by atoms with Crippen molar-refractivity contribution in [3.8, 4) is 0 Å². The molecule has 1 heterocycles. The smallest absolute Gasteiger partial charge is 0.306 e. The van der Waals surface area contributed by atoms with Gasteiger partial charge in [-0.05, 0) is 19.1 Å². The maximum atomic E-state index is 11.7. The van der Waals surface area contributed by atoms with Gasteiger partial charge in [-0.1, -0.05) is 12.1 Å². The van der Waals surface area contributed by atoms with E-state index in [0.717, 1.165) is 11.8 Å². The van der Waals surface area contributed by atoms with Gasteiger partial charge in [0.05, 0.1) is 13.0 Å². The van der Waals surface area contributed by atoms with Crippen molar-refractivity contribution in [2.24, 2.45) is 0 Å². The Hall–Kier alpha value is -1.86. The van der Waals surface area contributed by atoms with E-state index in [9.17, 15) is 9.59 Å². The third-order valence-electron chi connectivity index (χ3n) is 2.31. The van der Waals surface area contributed by atoms with E-state index < -0.39 is 0 Å². The number of oxazole rings is 1. The maximum Gasteiger partial charge on any atom is 0.306 e. The summed E-state index contributed by atoms with van der Waals surface area (Å²) in [4.78, 5) is 26.9. The van der Waals surface area contributed by atoms with Crippen molar-refractivity contribution in [1.82, 2.24) is 11.1 Å². The number of ether oxygens (including phenoxy) is 1. The number of carbonyl (C=O) groups is 2. The normalized spacial score (nSPS) is 10.1. The van der Waals surface area contributed by atoms with E-state index in [0.29, 0.717) is 22.9 Å². The summed E-state index contributed by atoms with van der Waals surface area (Å²) < 4.78 is 10.2. The summed E-state index contributed by atoms with van der Waals surface area (Å²) >= 11 is 0.905. The molecular formula is C13H16N2O4S. The number of aromatic nitrogens is 1. The van der Waals surface area contributed by atoms with Gasteiger partial charge in [0.1, 0.15) is 5.52 Å². The molecule has 1 aromatic carbocycles. The largest absolute Gasteiger partial charge is 0.466 e. The molecule has 1 aromatic heterocycles. The molecule has 3 N–H and O–H groups in total. The second-order valence-corrected chi connectivity index (χ2v) is 4.74. The molecule has 0 saturated carbocycles. The van der Waals surface area contributed by atoms with Crippen LogP contribution in [0.1, 0.15) is 19.8 Å². The van der Waals surface area contributed by atoms with E-state index in [4.69, 9.17) is 9.15 Å². The minimum absolute atomic E-state index is 0. The Labute approximate surface area is 120 Å². The molecule has 0 spiro atoms. The van der Waals surface area contributed by atoms with Crippen LogP contribution in [0.2, 0.25) is 0 Å².